The van der Waals surface area contributed by atoms with Crippen LogP contribution in [0.3, 0.4) is 0 Å². The second kappa shape index (κ2) is 10.7. The Kier molecular flexibility index (Phi) is 8.34. The van der Waals surface area contributed by atoms with Gasteiger partial charge in [0, 0.05) is 12.5 Å². The molecule has 2 N–H and O–H groups in total. The Morgan fingerprint density at radius 1 is 0.844 bits per heavy atom. The third-order valence-corrected chi connectivity index (χ3v) is 4.08. The minimum Gasteiger partial charge on any atom is -0.490 e. The number of benzene rings is 2. The van der Waals surface area contributed by atoms with Gasteiger partial charge in [-0.1, -0.05) is 0 Å². The molecule has 0 aliphatic carbocycles. The highest BCUT2D eigenvalue weighted by Crippen LogP contribution is 2.40. The van der Waals surface area contributed by atoms with Gasteiger partial charge in [-0.15, -0.1) is 0 Å². The van der Waals surface area contributed by atoms with Crippen molar-refractivity contribution in [2.45, 2.75) is 33.9 Å². The molecule has 174 valence electrons. The highest BCUT2D eigenvalue weighted by molar-refractivity contribution is 6.07. The third kappa shape index (κ3) is 6.29. The quantitative estimate of drug-likeness (QED) is 0.550. The van der Waals surface area contributed by atoms with Crippen LogP contribution in [-0.2, 0) is 11.0 Å². The summed E-state index contributed by atoms with van der Waals surface area (Å²) in [5.41, 5.74) is -1.07. The van der Waals surface area contributed by atoms with Crippen molar-refractivity contribution in [2.24, 2.45) is 0 Å². The lowest BCUT2D eigenvalue weighted by molar-refractivity contribution is -0.137. The molecule has 7 nitrogen and oxygen atoms in total. The number of amides is 2. The Morgan fingerprint density at radius 3 is 1.88 bits per heavy atom. The first-order chi connectivity index (χ1) is 15.1. The van der Waals surface area contributed by atoms with E-state index in [1.54, 1.807) is 20.8 Å². The Bertz CT molecular complexity index is 950. The van der Waals surface area contributed by atoms with Crippen molar-refractivity contribution < 1.29 is 37.0 Å². The predicted molar refractivity (Wildman–Crippen MR) is 114 cm³/mol. The summed E-state index contributed by atoms with van der Waals surface area (Å²) in [4.78, 5) is 24.4. The third-order valence-electron chi connectivity index (χ3n) is 4.08. The van der Waals surface area contributed by atoms with Gasteiger partial charge in [-0.05, 0) is 51.1 Å². The summed E-state index contributed by atoms with van der Waals surface area (Å²) in [6.07, 6.45) is -4.63. The minimum absolute atomic E-state index is 0.0276. The number of carbonyl (C=O) groups is 2. The van der Waals surface area contributed by atoms with Gasteiger partial charge in [-0.3, -0.25) is 9.59 Å². The molecule has 0 bridgehead atoms. The fourth-order valence-electron chi connectivity index (χ4n) is 2.84. The topological polar surface area (TPSA) is 85.9 Å². The Morgan fingerprint density at radius 2 is 1.41 bits per heavy atom. The summed E-state index contributed by atoms with van der Waals surface area (Å²) in [5, 5.41) is 4.84. The van der Waals surface area contributed by atoms with E-state index in [9.17, 15) is 22.8 Å². The van der Waals surface area contributed by atoms with E-state index in [4.69, 9.17) is 14.2 Å². The van der Waals surface area contributed by atoms with E-state index in [0.29, 0.717) is 12.4 Å². The van der Waals surface area contributed by atoms with Crippen LogP contribution in [0.1, 0.15) is 43.6 Å². The first-order valence-corrected chi connectivity index (χ1v) is 9.97. The first-order valence-electron chi connectivity index (χ1n) is 9.97. The highest BCUT2D eigenvalue weighted by Gasteiger charge is 2.31. The van der Waals surface area contributed by atoms with Crippen molar-refractivity contribution in [1.82, 2.24) is 0 Å². The molecule has 0 aromatic heterocycles. The summed E-state index contributed by atoms with van der Waals surface area (Å²) < 4.78 is 56.2. The lowest BCUT2D eigenvalue weighted by Crippen LogP contribution is -2.17. The van der Waals surface area contributed by atoms with Crippen LogP contribution < -0.4 is 24.8 Å². The number of hydrogen-bond acceptors (Lipinski definition) is 5. The normalized spacial score (nSPS) is 11.0. The molecule has 2 aromatic carbocycles. The molecular formula is C22H25F3N2O5. The predicted octanol–water partition coefficient (Wildman–Crippen LogP) is 5.11. The molecule has 0 fully saturated rings. The summed E-state index contributed by atoms with van der Waals surface area (Å²) in [7, 11) is 0. The van der Waals surface area contributed by atoms with E-state index in [1.807, 2.05) is 0 Å². The molecule has 10 heteroatoms. The monoisotopic (exact) mass is 454 g/mol. The average molecular weight is 454 g/mol. The molecule has 2 rings (SSSR count). The fourth-order valence-corrected chi connectivity index (χ4v) is 2.84. The number of anilines is 2. The maximum absolute atomic E-state index is 13.2. The second-order valence-corrected chi connectivity index (χ2v) is 6.49. The molecule has 0 heterocycles. The van der Waals surface area contributed by atoms with Crippen LogP contribution in [0.2, 0.25) is 0 Å². The summed E-state index contributed by atoms with van der Waals surface area (Å²) in [6.45, 7) is 7.40. The number of alkyl halides is 3. The number of nitrogens with one attached hydrogen (secondary N) is 2. The number of halogens is 3. The van der Waals surface area contributed by atoms with Crippen LogP contribution in [0.5, 0.6) is 17.2 Å². The van der Waals surface area contributed by atoms with Gasteiger partial charge in [0.15, 0.2) is 11.5 Å². The van der Waals surface area contributed by atoms with Gasteiger partial charge in [0.2, 0.25) is 11.7 Å². The van der Waals surface area contributed by atoms with E-state index >= 15 is 0 Å². The number of ether oxygens (including phenoxy) is 3. The number of rotatable bonds is 9. The lowest BCUT2D eigenvalue weighted by atomic mass is 10.1. The van der Waals surface area contributed by atoms with E-state index in [1.165, 1.54) is 19.1 Å². The van der Waals surface area contributed by atoms with E-state index in [0.717, 1.165) is 18.2 Å². The molecule has 0 saturated heterocycles. The van der Waals surface area contributed by atoms with Crippen LogP contribution >= 0.6 is 0 Å². The van der Waals surface area contributed by atoms with Gasteiger partial charge >= 0.3 is 6.18 Å². The Hall–Kier alpha value is -3.43. The minimum atomic E-state index is -4.63. The zero-order valence-electron chi connectivity index (χ0n) is 18.2. The Balaban J connectivity index is 2.50. The van der Waals surface area contributed by atoms with Gasteiger partial charge in [0.25, 0.3) is 5.91 Å². The van der Waals surface area contributed by atoms with Crippen molar-refractivity contribution in [1.29, 1.82) is 0 Å². The van der Waals surface area contributed by atoms with Gasteiger partial charge in [0.05, 0.1) is 36.8 Å². The standard InChI is InChI=1S/C22H25F3N2O5/c1-5-30-18-10-14(11-19(31-6-2)20(18)32-7-3)21(29)27-17-12-15(22(23,24)25)8-9-16(17)26-13(4)28/h8-12H,5-7H2,1-4H3,(H,26,28)(H,27,29). The molecule has 0 aliphatic heterocycles. The number of hydrogen-bond donors (Lipinski definition) is 2. The van der Waals surface area contributed by atoms with Gasteiger partial charge in [-0.2, -0.15) is 13.2 Å². The van der Waals surface area contributed by atoms with E-state index in [-0.39, 0.29) is 41.7 Å². The lowest BCUT2D eigenvalue weighted by Gasteiger charge is -2.18. The largest absolute Gasteiger partial charge is 0.490 e. The van der Waals surface area contributed by atoms with E-state index < -0.39 is 23.6 Å². The van der Waals surface area contributed by atoms with Crippen LogP contribution in [-0.4, -0.2) is 31.6 Å². The summed E-state index contributed by atoms with van der Waals surface area (Å²) >= 11 is 0. The van der Waals surface area contributed by atoms with Crippen molar-refractivity contribution in [3.8, 4) is 17.2 Å². The summed E-state index contributed by atoms with van der Waals surface area (Å²) in [5.74, 6) is -0.377. The molecule has 2 amide bonds. The zero-order chi connectivity index (χ0) is 23.9. The molecular weight excluding hydrogens is 429 g/mol. The summed E-state index contributed by atoms with van der Waals surface area (Å²) in [6, 6.07) is 5.48. The van der Waals surface area contributed by atoms with Crippen molar-refractivity contribution in [3.05, 3.63) is 41.5 Å². The smallest absolute Gasteiger partial charge is 0.416 e. The zero-order valence-corrected chi connectivity index (χ0v) is 18.2. The Labute approximate surface area is 183 Å². The van der Waals surface area contributed by atoms with Crippen molar-refractivity contribution >= 4 is 23.2 Å². The molecule has 0 saturated carbocycles. The molecule has 0 unspecified atom stereocenters. The molecule has 2 aromatic rings. The maximum atomic E-state index is 13.2. The van der Waals surface area contributed by atoms with Crippen LogP contribution in [0.15, 0.2) is 30.3 Å². The highest BCUT2D eigenvalue weighted by atomic mass is 19.4. The second-order valence-electron chi connectivity index (χ2n) is 6.49. The SMILES string of the molecule is CCOc1cc(C(=O)Nc2cc(C(F)(F)F)ccc2NC(C)=O)cc(OCC)c1OCC. The van der Waals surface area contributed by atoms with Crippen LogP contribution in [0.4, 0.5) is 24.5 Å². The average Bonchev–Trinajstić information content (AvgIpc) is 2.70. The van der Waals surface area contributed by atoms with E-state index in [2.05, 4.69) is 10.6 Å². The molecule has 0 atom stereocenters. The van der Waals surface area contributed by atoms with Crippen LogP contribution in [0, 0.1) is 0 Å². The van der Waals surface area contributed by atoms with Crippen molar-refractivity contribution in [3.63, 3.8) is 0 Å². The maximum Gasteiger partial charge on any atom is 0.416 e. The molecule has 0 radical (unpaired) electrons. The van der Waals surface area contributed by atoms with Crippen molar-refractivity contribution in [2.75, 3.05) is 30.5 Å². The molecule has 32 heavy (non-hydrogen) atoms. The number of carbonyl (C=O) groups excluding carboxylic acids is 2. The van der Waals surface area contributed by atoms with Gasteiger partial charge in [0.1, 0.15) is 0 Å². The fraction of sp³-hybridized carbons (Fsp3) is 0.364. The molecule has 0 aliphatic rings. The van der Waals surface area contributed by atoms with Gasteiger partial charge in [-0.25, -0.2) is 0 Å². The first kappa shape index (κ1) is 24.8. The van der Waals surface area contributed by atoms with Gasteiger partial charge < -0.3 is 24.8 Å². The molecule has 0 spiro atoms. The van der Waals surface area contributed by atoms with Crippen LogP contribution in [0.25, 0.3) is 0 Å².